The quantitative estimate of drug-likeness (QED) is 0.665. The van der Waals surface area contributed by atoms with Crippen LogP contribution in [0.3, 0.4) is 0 Å². The van der Waals surface area contributed by atoms with E-state index in [1.54, 1.807) is 0 Å². The summed E-state index contributed by atoms with van der Waals surface area (Å²) in [5.41, 5.74) is 2.67. The van der Waals surface area contributed by atoms with Gasteiger partial charge in [-0.2, -0.15) is 0 Å². The molecule has 1 aliphatic rings. The third-order valence-electron chi connectivity index (χ3n) is 3.58. The van der Waals surface area contributed by atoms with Crippen molar-refractivity contribution in [3.05, 3.63) is 41.5 Å². The molecular formula is C16H22. The first-order valence-corrected chi connectivity index (χ1v) is 6.58. The van der Waals surface area contributed by atoms with Crippen LogP contribution in [-0.2, 0) is 0 Å². The molecule has 1 aromatic carbocycles. The third-order valence-corrected chi connectivity index (χ3v) is 3.58. The lowest BCUT2D eigenvalue weighted by Crippen LogP contribution is -2.04. The molecule has 0 aromatic heterocycles. The summed E-state index contributed by atoms with van der Waals surface area (Å²) >= 11 is 0. The monoisotopic (exact) mass is 214 g/mol. The highest BCUT2D eigenvalue weighted by atomic mass is 14.2. The van der Waals surface area contributed by atoms with Crippen LogP contribution in [0.1, 0.15) is 49.7 Å². The van der Waals surface area contributed by atoms with Crippen LogP contribution in [0, 0.1) is 12.8 Å². The smallest absolute Gasteiger partial charge is 0.0260 e. The lowest BCUT2D eigenvalue weighted by atomic mass is 9.87. The summed E-state index contributed by atoms with van der Waals surface area (Å²) in [4.78, 5) is 0. The molecule has 0 unspecified atom stereocenters. The van der Waals surface area contributed by atoms with E-state index in [-0.39, 0.29) is 0 Å². The zero-order valence-corrected chi connectivity index (χ0v) is 10.3. The van der Waals surface area contributed by atoms with E-state index in [1.165, 1.54) is 49.7 Å². The normalized spacial score (nSPS) is 18.1. The second kappa shape index (κ2) is 5.89. The molecule has 2 rings (SSSR count). The Morgan fingerprint density at radius 3 is 2.44 bits per heavy atom. The first kappa shape index (κ1) is 11.4. The second-order valence-electron chi connectivity index (χ2n) is 5.05. The number of benzene rings is 1. The summed E-state index contributed by atoms with van der Waals surface area (Å²) < 4.78 is 0. The molecule has 0 nitrogen and oxygen atoms in total. The molecule has 0 heterocycles. The van der Waals surface area contributed by atoms with Gasteiger partial charge in [0.1, 0.15) is 0 Å². The molecule has 0 amide bonds. The van der Waals surface area contributed by atoms with Gasteiger partial charge in [0.05, 0.1) is 0 Å². The van der Waals surface area contributed by atoms with Gasteiger partial charge in [-0.1, -0.05) is 74.1 Å². The van der Waals surface area contributed by atoms with Crippen LogP contribution in [-0.4, -0.2) is 0 Å². The molecule has 0 atom stereocenters. The van der Waals surface area contributed by atoms with Crippen molar-refractivity contribution in [1.82, 2.24) is 0 Å². The van der Waals surface area contributed by atoms with Crippen LogP contribution in [0.4, 0.5) is 0 Å². The fourth-order valence-electron chi connectivity index (χ4n) is 2.50. The predicted molar refractivity (Wildman–Crippen MR) is 71.4 cm³/mol. The first-order valence-electron chi connectivity index (χ1n) is 6.58. The zero-order valence-electron chi connectivity index (χ0n) is 10.3. The molecule has 1 saturated carbocycles. The van der Waals surface area contributed by atoms with Gasteiger partial charge in [0.2, 0.25) is 0 Å². The van der Waals surface area contributed by atoms with E-state index in [1.807, 2.05) is 0 Å². The van der Waals surface area contributed by atoms with Crippen LogP contribution in [0.25, 0.3) is 6.08 Å². The number of allylic oxidation sites excluding steroid dienone is 1. The lowest BCUT2D eigenvalue weighted by Gasteiger charge is -2.19. The summed E-state index contributed by atoms with van der Waals surface area (Å²) in [7, 11) is 0. The van der Waals surface area contributed by atoms with E-state index in [0.29, 0.717) is 0 Å². The van der Waals surface area contributed by atoms with Crippen LogP contribution >= 0.6 is 0 Å². The predicted octanol–water partition coefficient (Wildman–Crippen LogP) is 4.98. The molecule has 0 bridgehead atoms. The number of aryl methyl sites for hydroxylation is 1. The molecule has 1 aromatic rings. The minimum atomic E-state index is 0.954. The van der Waals surface area contributed by atoms with E-state index >= 15 is 0 Å². The second-order valence-corrected chi connectivity index (χ2v) is 5.05. The van der Waals surface area contributed by atoms with E-state index in [4.69, 9.17) is 0 Å². The first-order chi connectivity index (χ1) is 7.84. The Kier molecular flexibility index (Phi) is 4.21. The van der Waals surface area contributed by atoms with Crippen molar-refractivity contribution in [3.63, 3.8) is 0 Å². The summed E-state index contributed by atoms with van der Waals surface area (Å²) in [5.74, 6) is 0.954. The maximum Gasteiger partial charge on any atom is -0.0260 e. The van der Waals surface area contributed by atoms with Gasteiger partial charge in [-0.3, -0.25) is 0 Å². The summed E-state index contributed by atoms with van der Waals surface area (Å²) in [6.07, 6.45) is 13.1. The van der Waals surface area contributed by atoms with Crippen molar-refractivity contribution >= 4 is 6.08 Å². The zero-order chi connectivity index (χ0) is 11.2. The molecule has 0 N–H and O–H groups in total. The van der Waals surface area contributed by atoms with Crippen molar-refractivity contribution in [3.8, 4) is 0 Å². The fourth-order valence-corrected chi connectivity index (χ4v) is 2.50. The molecule has 86 valence electrons. The van der Waals surface area contributed by atoms with Gasteiger partial charge < -0.3 is 0 Å². The Bertz CT molecular complexity index is 326. The molecule has 1 aliphatic carbocycles. The van der Waals surface area contributed by atoms with Crippen LogP contribution in [0.15, 0.2) is 30.3 Å². The molecule has 0 heteroatoms. The third kappa shape index (κ3) is 3.52. The minimum Gasteiger partial charge on any atom is -0.0837 e. The van der Waals surface area contributed by atoms with Crippen LogP contribution in [0.5, 0.6) is 0 Å². The lowest BCUT2D eigenvalue weighted by molar-refractivity contribution is 0.362. The number of hydrogen-bond donors (Lipinski definition) is 0. The number of hydrogen-bond acceptors (Lipinski definition) is 0. The summed E-state index contributed by atoms with van der Waals surface area (Å²) in [6.45, 7) is 2.13. The highest BCUT2D eigenvalue weighted by molar-refractivity contribution is 5.49. The minimum absolute atomic E-state index is 0.954. The van der Waals surface area contributed by atoms with Crippen molar-refractivity contribution in [2.24, 2.45) is 5.92 Å². The van der Waals surface area contributed by atoms with E-state index in [2.05, 4.69) is 43.3 Å². The van der Waals surface area contributed by atoms with Gasteiger partial charge in [0.15, 0.2) is 0 Å². The van der Waals surface area contributed by atoms with Gasteiger partial charge in [0.25, 0.3) is 0 Å². The Hall–Kier alpha value is -1.04. The molecule has 0 spiro atoms. The van der Waals surface area contributed by atoms with Crippen molar-refractivity contribution in [1.29, 1.82) is 0 Å². The maximum absolute atomic E-state index is 2.36. The van der Waals surface area contributed by atoms with Gasteiger partial charge in [-0.25, -0.2) is 0 Å². The van der Waals surface area contributed by atoms with Crippen molar-refractivity contribution in [2.45, 2.75) is 45.4 Å². The van der Waals surface area contributed by atoms with Gasteiger partial charge in [-0.15, -0.1) is 0 Å². The Balaban J connectivity index is 1.82. The largest absolute Gasteiger partial charge is 0.0837 e. The highest BCUT2D eigenvalue weighted by Crippen LogP contribution is 2.26. The maximum atomic E-state index is 2.36. The van der Waals surface area contributed by atoms with E-state index in [9.17, 15) is 0 Å². The van der Waals surface area contributed by atoms with Gasteiger partial charge >= 0.3 is 0 Å². The fraction of sp³-hybridized carbons (Fsp3) is 0.500. The van der Waals surface area contributed by atoms with Crippen LogP contribution in [0.2, 0.25) is 0 Å². The Morgan fingerprint density at radius 1 is 1.06 bits per heavy atom. The SMILES string of the molecule is Cc1ccc(C=CCC2CCCCC2)cc1. The topological polar surface area (TPSA) is 0 Å². The highest BCUT2D eigenvalue weighted by Gasteiger charge is 2.10. The van der Waals surface area contributed by atoms with E-state index in [0.717, 1.165) is 5.92 Å². The molecular weight excluding hydrogens is 192 g/mol. The standard InChI is InChI=1S/C16H22/c1-14-10-12-16(13-11-14)9-5-8-15-6-3-2-4-7-15/h5,9-13,15H,2-4,6-8H2,1H3. The summed E-state index contributed by atoms with van der Waals surface area (Å²) in [5, 5.41) is 0. The average molecular weight is 214 g/mol. The van der Waals surface area contributed by atoms with Crippen molar-refractivity contribution in [2.75, 3.05) is 0 Å². The molecule has 0 radical (unpaired) electrons. The van der Waals surface area contributed by atoms with Gasteiger partial charge in [0, 0.05) is 0 Å². The Labute approximate surface area is 99.4 Å². The molecule has 0 aliphatic heterocycles. The molecule has 1 fully saturated rings. The molecule has 0 saturated heterocycles. The number of rotatable bonds is 3. The summed E-state index contributed by atoms with van der Waals surface area (Å²) in [6, 6.07) is 8.76. The van der Waals surface area contributed by atoms with Crippen LogP contribution < -0.4 is 0 Å². The van der Waals surface area contributed by atoms with E-state index < -0.39 is 0 Å². The van der Waals surface area contributed by atoms with Crippen molar-refractivity contribution < 1.29 is 0 Å². The molecule has 16 heavy (non-hydrogen) atoms. The van der Waals surface area contributed by atoms with Gasteiger partial charge in [-0.05, 0) is 24.8 Å². The average Bonchev–Trinajstić information content (AvgIpc) is 2.33. The Morgan fingerprint density at radius 2 is 1.75 bits per heavy atom.